The van der Waals surface area contributed by atoms with E-state index in [1.54, 1.807) is 0 Å². The van der Waals surface area contributed by atoms with Gasteiger partial charge in [0.2, 0.25) is 0 Å². The molecule has 3 N–H and O–H groups in total. The normalized spacial score (nSPS) is 22.6. The van der Waals surface area contributed by atoms with Gasteiger partial charge in [0.1, 0.15) is 0 Å². The molecule has 1 aromatic carbocycles. The lowest BCUT2D eigenvalue weighted by atomic mass is 9.75. The minimum atomic E-state index is -4.39. The highest BCUT2D eigenvalue weighted by Gasteiger charge is 2.35. The Kier molecular flexibility index (Phi) is 3.89. The number of benzene rings is 1. The number of alkyl halides is 3. The second-order valence-corrected chi connectivity index (χ2v) is 6.40. The maximum absolute atomic E-state index is 13.0. The van der Waals surface area contributed by atoms with Gasteiger partial charge in [-0.3, -0.25) is 0 Å². The second kappa shape index (κ2) is 5.19. The first kappa shape index (κ1) is 15.0. The average molecular weight is 286 g/mol. The second-order valence-electron chi connectivity index (χ2n) is 6.40. The maximum Gasteiger partial charge on any atom is 0.418 e. The molecule has 0 spiro atoms. The van der Waals surface area contributed by atoms with Crippen LogP contribution in [0.15, 0.2) is 18.2 Å². The van der Waals surface area contributed by atoms with Gasteiger partial charge in [-0.05, 0) is 42.9 Å². The first-order valence-electron chi connectivity index (χ1n) is 6.91. The van der Waals surface area contributed by atoms with Crippen LogP contribution in [0, 0.1) is 5.41 Å². The molecule has 1 atom stereocenters. The van der Waals surface area contributed by atoms with E-state index >= 15 is 0 Å². The van der Waals surface area contributed by atoms with Gasteiger partial charge in [-0.2, -0.15) is 13.2 Å². The van der Waals surface area contributed by atoms with Gasteiger partial charge in [0, 0.05) is 17.4 Å². The highest BCUT2D eigenvalue weighted by Crippen LogP contribution is 2.40. The highest BCUT2D eigenvalue weighted by atomic mass is 19.4. The molecule has 1 unspecified atom stereocenters. The highest BCUT2D eigenvalue weighted by molar-refractivity contribution is 5.59. The molecular formula is C15H21F3N2. The summed E-state index contributed by atoms with van der Waals surface area (Å²) < 4.78 is 39.1. The minimum Gasteiger partial charge on any atom is -0.399 e. The number of nitrogens with two attached hydrogens (primary N) is 1. The van der Waals surface area contributed by atoms with E-state index in [1.807, 2.05) is 0 Å². The molecule has 1 aliphatic rings. The van der Waals surface area contributed by atoms with Crippen LogP contribution in [-0.4, -0.2) is 6.04 Å². The summed E-state index contributed by atoms with van der Waals surface area (Å²) in [5.41, 5.74) is 5.24. The van der Waals surface area contributed by atoms with Crippen molar-refractivity contribution in [1.82, 2.24) is 0 Å². The van der Waals surface area contributed by atoms with Crippen molar-refractivity contribution in [3.8, 4) is 0 Å². The molecule has 0 aromatic heterocycles. The van der Waals surface area contributed by atoms with Crippen LogP contribution in [0.4, 0.5) is 24.5 Å². The fourth-order valence-corrected chi connectivity index (χ4v) is 2.96. The minimum absolute atomic E-state index is 0.0866. The van der Waals surface area contributed by atoms with E-state index in [9.17, 15) is 13.2 Å². The van der Waals surface area contributed by atoms with Gasteiger partial charge in [-0.25, -0.2) is 0 Å². The molecule has 1 saturated carbocycles. The number of hydrogen-bond acceptors (Lipinski definition) is 2. The molecule has 112 valence electrons. The van der Waals surface area contributed by atoms with E-state index in [0.29, 0.717) is 0 Å². The standard InChI is InChI=1S/C15H21F3N2/c1-14(2)7-3-4-11(9-14)20-13-6-5-10(19)8-12(13)15(16,17)18/h5-6,8,11,20H,3-4,7,9,19H2,1-2H3. The van der Waals surface area contributed by atoms with Gasteiger partial charge in [0.25, 0.3) is 0 Å². The van der Waals surface area contributed by atoms with Crippen LogP contribution in [0.5, 0.6) is 0 Å². The van der Waals surface area contributed by atoms with E-state index in [4.69, 9.17) is 5.73 Å². The zero-order valence-corrected chi connectivity index (χ0v) is 11.8. The van der Waals surface area contributed by atoms with Gasteiger partial charge >= 0.3 is 6.18 Å². The van der Waals surface area contributed by atoms with Crippen LogP contribution in [0.1, 0.15) is 45.1 Å². The van der Waals surface area contributed by atoms with Crippen molar-refractivity contribution in [1.29, 1.82) is 0 Å². The molecule has 1 aromatic rings. The lowest BCUT2D eigenvalue weighted by Crippen LogP contribution is -2.32. The Morgan fingerprint density at radius 3 is 2.60 bits per heavy atom. The van der Waals surface area contributed by atoms with Crippen LogP contribution < -0.4 is 11.1 Å². The fourth-order valence-electron chi connectivity index (χ4n) is 2.96. The lowest BCUT2D eigenvalue weighted by Gasteiger charge is -2.36. The van der Waals surface area contributed by atoms with Crippen molar-refractivity contribution in [3.63, 3.8) is 0 Å². The quantitative estimate of drug-likeness (QED) is 0.775. The van der Waals surface area contributed by atoms with Gasteiger partial charge in [0.15, 0.2) is 0 Å². The van der Waals surface area contributed by atoms with Gasteiger partial charge in [0.05, 0.1) is 5.56 Å². The third-order valence-corrected chi connectivity index (χ3v) is 3.91. The number of hydrogen-bond donors (Lipinski definition) is 2. The molecule has 1 fully saturated rings. The molecule has 0 bridgehead atoms. The third-order valence-electron chi connectivity index (χ3n) is 3.91. The van der Waals surface area contributed by atoms with Crippen molar-refractivity contribution in [2.24, 2.45) is 5.41 Å². The largest absolute Gasteiger partial charge is 0.418 e. The summed E-state index contributed by atoms with van der Waals surface area (Å²) in [5, 5.41) is 3.06. The van der Waals surface area contributed by atoms with Crippen molar-refractivity contribution >= 4 is 11.4 Å². The lowest BCUT2D eigenvalue weighted by molar-refractivity contribution is -0.136. The van der Waals surface area contributed by atoms with Gasteiger partial charge < -0.3 is 11.1 Å². The number of rotatable bonds is 2. The maximum atomic E-state index is 13.0. The molecule has 2 nitrogen and oxygen atoms in total. The third kappa shape index (κ3) is 3.58. The van der Waals surface area contributed by atoms with E-state index in [-0.39, 0.29) is 22.8 Å². The number of anilines is 2. The van der Waals surface area contributed by atoms with Crippen molar-refractivity contribution in [3.05, 3.63) is 23.8 Å². The van der Waals surface area contributed by atoms with Crippen LogP contribution in [0.25, 0.3) is 0 Å². The Morgan fingerprint density at radius 1 is 1.30 bits per heavy atom. The molecule has 0 amide bonds. The van der Waals surface area contributed by atoms with E-state index in [1.165, 1.54) is 12.1 Å². The van der Waals surface area contributed by atoms with Gasteiger partial charge in [-0.15, -0.1) is 0 Å². The topological polar surface area (TPSA) is 38.0 Å². The smallest absolute Gasteiger partial charge is 0.399 e. The van der Waals surface area contributed by atoms with Crippen LogP contribution in [-0.2, 0) is 6.18 Å². The average Bonchev–Trinajstić information content (AvgIpc) is 2.29. The van der Waals surface area contributed by atoms with Crippen LogP contribution in [0.3, 0.4) is 0 Å². The Balaban J connectivity index is 2.21. The first-order valence-corrected chi connectivity index (χ1v) is 6.91. The summed E-state index contributed by atoms with van der Waals surface area (Å²) in [6, 6.07) is 4.02. The molecule has 2 rings (SSSR count). The van der Waals surface area contributed by atoms with E-state index < -0.39 is 11.7 Å². The van der Waals surface area contributed by atoms with Crippen molar-refractivity contribution < 1.29 is 13.2 Å². The Hall–Kier alpha value is -1.39. The first-order chi connectivity index (χ1) is 9.17. The number of halogens is 3. The van der Waals surface area contributed by atoms with E-state index in [2.05, 4.69) is 19.2 Å². The zero-order valence-electron chi connectivity index (χ0n) is 11.8. The Morgan fingerprint density at radius 2 is 2.00 bits per heavy atom. The molecule has 1 aliphatic carbocycles. The van der Waals surface area contributed by atoms with Gasteiger partial charge in [-0.1, -0.05) is 20.3 Å². The Labute approximate surface area is 117 Å². The predicted molar refractivity (Wildman–Crippen MR) is 75.5 cm³/mol. The Bertz CT molecular complexity index is 480. The monoisotopic (exact) mass is 286 g/mol. The fraction of sp³-hybridized carbons (Fsp3) is 0.600. The molecular weight excluding hydrogens is 265 g/mol. The summed E-state index contributed by atoms with van der Waals surface area (Å²) in [5.74, 6) is 0. The molecule has 0 radical (unpaired) electrons. The predicted octanol–water partition coefficient (Wildman–Crippen LogP) is 4.67. The van der Waals surface area contributed by atoms with Crippen molar-refractivity contribution in [2.75, 3.05) is 11.1 Å². The summed E-state index contributed by atoms with van der Waals surface area (Å²) in [6.45, 7) is 4.32. The van der Waals surface area contributed by atoms with Crippen molar-refractivity contribution in [2.45, 2.75) is 51.7 Å². The molecule has 20 heavy (non-hydrogen) atoms. The van der Waals surface area contributed by atoms with E-state index in [0.717, 1.165) is 31.7 Å². The summed E-state index contributed by atoms with van der Waals surface area (Å²) in [4.78, 5) is 0. The molecule has 0 heterocycles. The molecule has 5 heteroatoms. The van der Waals surface area contributed by atoms with Crippen LogP contribution in [0.2, 0.25) is 0 Å². The number of nitrogen functional groups attached to an aromatic ring is 1. The van der Waals surface area contributed by atoms with Crippen LogP contribution >= 0.6 is 0 Å². The summed E-state index contributed by atoms with van der Waals surface area (Å²) in [7, 11) is 0. The zero-order chi connectivity index (χ0) is 15.0. The summed E-state index contributed by atoms with van der Waals surface area (Å²) in [6.07, 6.45) is -0.429. The SMILES string of the molecule is CC1(C)CCCC(Nc2ccc(N)cc2C(F)(F)F)C1. The number of nitrogens with one attached hydrogen (secondary N) is 1. The summed E-state index contributed by atoms with van der Waals surface area (Å²) >= 11 is 0. The molecule has 0 aliphatic heterocycles. The molecule has 0 saturated heterocycles.